The summed E-state index contributed by atoms with van der Waals surface area (Å²) in [6.45, 7) is 7.33. The van der Waals surface area contributed by atoms with E-state index in [1.807, 2.05) is 13.2 Å². The quantitative estimate of drug-likeness (QED) is 0.553. The van der Waals surface area contributed by atoms with Gasteiger partial charge in [0.2, 0.25) is 0 Å². The van der Waals surface area contributed by atoms with E-state index in [0.29, 0.717) is 19.8 Å². The minimum atomic E-state index is 0.499. The van der Waals surface area contributed by atoms with Crippen molar-refractivity contribution in [1.82, 2.24) is 0 Å². The van der Waals surface area contributed by atoms with Crippen LogP contribution in [-0.2, 0) is 4.74 Å². The van der Waals surface area contributed by atoms with Gasteiger partial charge in [-0.15, -0.1) is 0 Å². The number of allylic oxidation sites excluding steroid dienone is 1. The van der Waals surface area contributed by atoms with E-state index in [2.05, 4.69) is 50.3 Å². The Kier molecular flexibility index (Phi) is 7.07. The van der Waals surface area contributed by atoms with Crippen molar-refractivity contribution in [3.63, 3.8) is 0 Å². The summed E-state index contributed by atoms with van der Waals surface area (Å²) in [5.74, 6) is 0.733. The van der Waals surface area contributed by atoms with Crippen molar-refractivity contribution in [3.8, 4) is 0 Å². The van der Waals surface area contributed by atoms with Gasteiger partial charge < -0.3 is 0 Å². The molecule has 0 radical (unpaired) electrons. The fourth-order valence-corrected chi connectivity index (χ4v) is 4.25. The zero-order chi connectivity index (χ0) is 12.5. The van der Waals surface area contributed by atoms with Gasteiger partial charge in [0.25, 0.3) is 0 Å². The number of benzene rings is 1. The summed E-state index contributed by atoms with van der Waals surface area (Å²) in [5.41, 5.74) is 0. The molecule has 0 amide bonds. The molecule has 0 N–H and O–H groups in total. The zero-order valence-electron chi connectivity index (χ0n) is 10.9. The molecule has 0 spiro atoms. The van der Waals surface area contributed by atoms with Crippen molar-refractivity contribution >= 4 is 19.4 Å². The monoisotopic (exact) mass is 298 g/mol. The standard InChI is InChI=1S/C15H22OSe/c1-4-16-11-10-15(12-13(2)3)17-14-8-6-5-7-9-14/h5-11,13,15H,4,12H2,1-3H3/b11-10-. The Morgan fingerprint density at radius 3 is 2.53 bits per heavy atom. The molecule has 94 valence electrons. The number of rotatable bonds is 7. The summed E-state index contributed by atoms with van der Waals surface area (Å²) < 4.78 is 6.78. The Hall–Kier alpha value is -0.721. The van der Waals surface area contributed by atoms with Crippen molar-refractivity contribution in [1.29, 1.82) is 0 Å². The Bertz CT molecular complexity index is 319. The SMILES string of the molecule is CCO/C=C\C(CC(C)C)[Se]c1ccccc1. The van der Waals surface area contributed by atoms with Gasteiger partial charge in [0.05, 0.1) is 0 Å². The number of ether oxygens (including phenoxy) is 1. The van der Waals surface area contributed by atoms with E-state index in [9.17, 15) is 0 Å². The third-order valence-electron chi connectivity index (χ3n) is 2.29. The molecule has 1 rings (SSSR count). The first-order chi connectivity index (χ1) is 8.22. The van der Waals surface area contributed by atoms with Crippen LogP contribution in [0.15, 0.2) is 42.7 Å². The van der Waals surface area contributed by atoms with Gasteiger partial charge in [-0.2, -0.15) is 0 Å². The molecule has 1 aromatic carbocycles. The molecule has 0 aliphatic carbocycles. The van der Waals surface area contributed by atoms with Gasteiger partial charge in [0.15, 0.2) is 0 Å². The van der Waals surface area contributed by atoms with Crippen molar-refractivity contribution in [2.24, 2.45) is 5.92 Å². The van der Waals surface area contributed by atoms with Crippen molar-refractivity contribution in [2.75, 3.05) is 6.61 Å². The van der Waals surface area contributed by atoms with E-state index < -0.39 is 0 Å². The van der Waals surface area contributed by atoms with Crippen LogP contribution in [0.25, 0.3) is 0 Å². The van der Waals surface area contributed by atoms with E-state index >= 15 is 0 Å². The first-order valence-electron chi connectivity index (χ1n) is 6.22. The van der Waals surface area contributed by atoms with E-state index in [0.717, 1.165) is 12.5 Å². The molecule has 0 heterocycles. The summed E-state index contributed by atoms with van der Waals surface area (Å²) in [7, 11) is 0. The van der Waals surface area contributed by atoms with Crippen LogP contribution in [-0.4, -0.2) is 21.6 Å². The van der Waals surface area contributed by atoms with Crippen LogP contribution < -0.4 is 4.46 Å². The van der Waals surface area contributed by atoms with Gasteiger partial charge in [-0.3, -0.25) is 0 Å². The van der Waals surface area contributed by atoms with Gasteiger partial charge in [0, 0.05) is 0 Å². The predicted octanol–water partition coefficient (Wildman–Crippen LogP) is 3.40. The normalized spacial score (nSPS) is 13.2. The molecule has 1 nitrogen and oxygen atoms in total. The maximum atomic E-state index is 5.31. The average Bonchev–Trinajstić information content (AvgIpc) is 2.30. The van der Waals surface area contributed by atoms with Crippen LogP contribution in [0.2, 0.25) is 4.82 Å². The third kappa shape index (κ3) is 6.55. The second-order valence-corrected chi connectivity index (χ2v) is 7.14. The van der Waals surface area contributed by atoms with E-state index in [1.54, 1.807) is 0 Å². The third-order valence-corrected chi connectivity index (χ3v) is 4.80. The molecule has 0 fully saturated rings. The second kappa shape index (κ2) is 8.38. The summed E-state index contributed by atoms with van der Waals surface area (Å²) in [6.07, 6.45) is 5.34. The maximum absolute atomic E-state index is 5.31. The molecule has 2 heteroatoms. The van der Waals surface area contributed by atoms with Gasteiger partial charge in [-0.1, -0.05) is 0 Å². The molecule has 0 aliphatic heterocycles. The molecular weight excluding hydrogens is 275 g/mol. The minimum absolute atomic E-state index is 0.499. The Morgan fingerprint density at radius 1 is 1.24 bits per heavy atom. The van der Waals surface area contributed by atoms with E-state index in [4.69, 9.17) is 4.74 Å². The number of hydrogen-bond acceptors (Lipinski definition) is 1. The first-order valence-corrected chi connectivity index (χ1v) is 8.07. The van der Waals surface area contributed by atoms with Gasteiger partial charge >= 0.3 is 111 Å². The molecule has 0 saturated heterocycles. The van der Waals surface area contributed by atoms with Gasteiger partial charge in [-0.05, 0) is 0 Å². The predicted molar refractivity (Wildman–Crippen MR) is 75.8 cm³/mol. The van der Waals surface area contributed by atoms with Crippen molar-refractivity contribution in [2.45, 2.75) is 32.0 Å². The molecule has 17 heavy (non-hydrogen) atoms. The Balaban J connectivity index is 2.57. The molecule has 0 aromatic heterocycles. The van der Waals surface area contributed by atoms with E-state index in [-0.39, 0.29) is 0 Å². The zero-order valence-corrected chi connectivity index (χ0v) is 12.6. The van der Waals surface area contributed by atoms with Crippen molar-refractivity contribution < 1.29 is 4.74 Å². The van der Waals surface area contributed by atoms with Crippen LogP contribution in [0.4, 0.5) is 0 Å². The molecule has 1 unspecified atom stereocenters. The van der Waals surface area contributed by atoms with Crippen LogP contribution in [0.3, 0.4) is 0 Å². The molecule has 0 saturated carbocycles. The van der Waals surface area contributed by atoms with Crippen LogP contribution >= 0.6 is 0 Å². The van der Waals surface area contributed by atoms with Crippen LogP contribution in [0, 0.1) is 5.92 Å². The summed E-state index contributed by atoms with van der Waals surface area (Å²) in [4.78, 5) is 0.636. The first kappa shape index (κ1) is 14.3. The van der Waals surface area contributed by atoms with Crippen LogP contribution in [0.1, 0.15) is 27.2 Å². The fraction of sp³-hybridized carbons (Fsp3) is 0.467. The van der Waals surface area contributed by atoms with Crippen molar-refractivity contribution in [3.05, 3.63) is 42.7 Å². The number of hydrogen-bond donors (Lipinski definition) is 0. The summed E-state index contributed by atoms with van der Waals surface area (Å²) in [6, 6.07) is 10.8. The van der Waals surface area contributed by atoms with Crippen LogP contribution in [0.5, 0.6) is 0 Å². The fourth-order valence-electron chi connectivity index (χ4n) is 1.54. The topological polar surface area (TPSA) is 9.23 Å². The molecule has 1 aromatic rings. The summed E-state index contributed by atoms with van der Waals surface area (Å²) in [5, 5.41) is 0. The molecule has 0 aliphatic rings. The van der Waals surface area contributed by atoms with E-state index in [1.165, 1.54) is 10.9 Å². The second-order valence-electron chi connectivity index (χ2n) is 4.38. The van der Waals surface area contributed by atoms with Gasteiger partial charge in [0.1, 0.15) is 0 Å². The molecule has 1 atom stereocenters. The molecule has 0 bridgehead atoms. The summed E-state index contributed by atoms with van der Waals surface area (Å²) >= 11 is 0.499. The van der Waals surface area contributed by atoms with Gasteiger partial charge in [-0.25, -0.2) is 0 Å². The Morgan fingerprint density at radius 2 is 1.94 bits per heavy atom. The molecular formula is C15H22OSe. The Labute approximate surface area is 111 Å². The average molecular weight is 297 g/mol.